The van der Waals surface area contributed by atoms with Crippen molar-refractivity contribution in [2.24, 2.45) is 0 Å². The fourth-order valence-electron chi connectivity index (χ4n) is 2.38. The number of rotatable bonds is 6. The fraction of sp³-hybridized carbons (Fsp3) is 0.353. The number of pyridine rings is 1. The summed E-state index contributed by atoms with van der Waals surface area (Å²) in [6.45, 7) is 5.10. The van der Waals surface area contributed by atoms with Gasteiger partial charge in [0.25, 0.3) is 0 Å². The number of benzene rings is 1. The van der Waals surface area contributed by atoms with Crippen molar-refractivity contribution in [1.82, 2.24) is 10.3 Å². The van der Waals surface area contributed by atoms with E-state index in [2.05, 4.69) is 23.3 Å². The standard InChI is InChI=1S/C17H21FN2/c1-3-9-20-17(16-8-5-10-19-13(16)2)12-14-6-4-7-15(18)11-14/h4-8,10-11,17,20H,3,9,12H2,1-2H3. The van der Waals surface area contributed by atoms with E-state index in [0.29, 0.717) is 0 Å². The summed E-state index contributed by atoms with van der Waals surface area (Å²) in [4.78, 5) is 4.35. The van der Waals surface area contributed by atoms with Gasteiger partial charge in [-0.05, 0) is 55.6 Å². The molecule has 2 rings (SSSR count). The van der Waals surface area contributed by atoms with Crippen LogP contribution in [0.15, 0.2) is 42.6 Å². The Kier molecular flexibility index (Phi) is 5.24. The van der Waals surface area contributed by atoms with Gasteiger partial charge in [-0.25, -0.2) is 4.39 Å². The Labute approximate surface area is 120 Å². The van der Waals surface area contributed by atoms with E-state index in [0.717, 1.165) is 30.6 Å². The summed E-state index contributed by atoms with van der Waals surface area (Å²) in [6, 6.07) is 11.0. The second-order valence-corrected chi connectivity index (χ2v) is 5.02. The van der Waals surface area contributed by atoms with Crippen LogP contribution in [-0.4, -0.2) is 11.5 Å². The summed E-state index contributed by atoms with van der Waals surface area (Å²) in [5.41, 5.74) is 3.21. The second-order valence-electron chi connectivity index (χ2n) is 5.02. The van der Waals surface area contributed by atoms with Crippen LogP contribution >= 0.6 is 0 Å². The van der Waals surface area contributed by atoms with Crippen molar-refractivity contribution in [3.8, 4) is 0 Å². The minimum Gasteiger partial charge on any atom is -0.310 e. The van der Waals surface area contributed by atoms with Crippen molar-refractivity contribution in [2.75, 3.05) is 6.54 Å². The largest absolute Gasteiger partial charge is 0.310 e. The van der Waals surface area contributed by atoms with Gasteiger partial charge in [0.05, 0.1) is 0 Å². The highest BCUT2D eigenvalue weighted by Crippen LogP contribution is 2.21. The molecule has 1 unspecified atom stereocenters. The summed E-state index contributed by atoms with van der Waals surface area (Å²) in [5, 5.41) is 3.53. The first-order valence-corrected chi connectivity index (χ1v) is 7.10. The molecule has 0 bridgehead atoms. The van der Waals surface area contributed by atoms with Crippen molar-refractivity contribution in [2.45, 2.75) is 32.7 Å². The summed E-state index contributed by atoms with van der Waals surface area (Å²) in [6.07, 6.45) is 3.64. The molecule has 106 valence electrons. The lowest BCUT2D eigenvalue weighted by molar-refractivity contribution is 0.523. The number of hydrogen-bond acceptors (Lipinski definition) is 2. The summed E-state index contributed by atoms with van der Waals surface area (Å²) in [7, 11) is 0. The lowest BCUT2D eigenvalue weighted by Gasteiger charge is -2.20. The van der Waals surface area contributed by atoms with Crippen LogP contribution in [-0.2, 0) is 6.42 Å². The highest BCUT2D eigenvalue weighted by molar-refractivity contribution is 5.26. The van der Waals surface area contributed by atoms with Crippen LogP contribution in [0.25, 0.3) is 0 Å². The third-order valence-electron chi connectivity index (χ3n) is 3.39. The summed E-state index contributed by atoms with van der Waals surface area (Å²) < 4.78 is 13.3. The molecule has 0 spiro atoms. The molecule has 1 heterocycles. The van der Waals surface area contributed by atoms with E-state index in [-0.39, 0.29) is 11.9 Å². The van der Waals surface area contributed by atoms with Crippen LogP contribution in [0, 0.1) is 12.7 Å². The molecule has 0 saturated carbocycles. The van der Waals surface area contributed by atoms with Gasteiger partial charge in [-0.1, -0.05) is 25.1 Å². The van der Waals surface area contributed by atoms with E-state index in [1.54, 1.807) is 18.3 Å². The molecule has 1 aromatic carbocycles. The minimum atomic E-state index is -0.181. The molecule has 2 nitrogen and oxygen atoms in total. The quantitative estimate of drug-likeness (QED) is 0.865. The second kappa shape index (κ2) is 7.15. The molecule has 0 aliphatic heterocycles. The molecule has 2 aromatic rings. The Morgan fingerprint density at radius 2 is 2.10 bits per heavy atom. The number of halogens is 1. The van der Waals surface area contributed by atoms with Gasteiger partial charge in [0.1, 0.15) is 5.82 Å². The number of aryl methyl sites for hydroxylation is 1. The van der Waals surface area contributed by atoms with Crippen LogP contribution in [0.1, 0.15) is 36.2 Å². The molecule has 0 radical (unpaired) electrons. The van der Waals surface area contributed by atoms with E-state index in [4.69, 9.17) is 0 Å². The van der Waals surface area contributed by atoms with Gasteiger partial charge in [-0.2, -0.15) is 0 Å². The van der Waals surface area contributed by atoms with Crippen LogP contribution in [0.3, 0.4) is 0 Å². The Hall–Kier alpha value is -1.74. The maximum absolute atomic E-state index is 13.3. The van der Waals surface area contributed by atoms with E-state index >= 15 is 0 Å². The van der Waals surface area contributed by atoms with E-state index in [1.165, 1.54) is 11.6 Å². The summed E-state index contributed by atoms with van der Waals surface area (Å²) in [5.74, 6) is -0.181. The van der Waals surface area contributed by atoms with E-state index in [1.807, 2.05) is 19.1 Å². The zero-order chi connectivity index (χ0) is 14.4. The van der Waals surface area contributed by atoms with E-state index in [9.17, 15) is 4.39 Å². The predicted octanol–water partition coefficient (Wildman–Crippen LogP) is 3.81. The number of nitrogens with zero attached hydrogens (tertiary/aromatic N) is 1. The Balaban J connectivity index is 2.22. The molecular weight excluding hydrogens is 251 g/mol. The van der Waals surface area contributed by atoms with Gasteiger partial charge >= 0.3 is 0 Å². The van der Waals surface area contributed by atoms with Crippen LogP contribution in [0.5, 0.6) is 0 Å². The van der Waals surface area contributed by atoms with E-state index < -0.39 is 0 Å². The zero-order valence-electron chi connectivity index (χ0n) is 12.1. The molecule has 1 atom stereocenters. The smallest absolute Gasteiger partial charge is 0.123 e. The molecule has 0 aliphatic rings. The normalized spacial score (nSPS) is 12.3. The molecule has 20 heavy (non-hydrogen) atoms. The first kappa shape index (κ1) is 14.7. The molecule has 1 N–H and O–H groups in total. The lowest BCUT2D eigenvalue weighted by Crippen LogP contribution is -2.25. The van der Waals surface area contributed by atoms with Crippen molar-refractivity contribution in [3.05, 3.63) is 65.2 Å². The van der Waals surface area contributed by atoms with Crippen molar-refractivity contribution < 1.29 is 4.39 Å². The number of hydrogen-bond donors (Lipinski definition) is 1. The monoisotopic (exact) mass is 272 g/mol. The van der Waals surface area contributed by atoms with Crippen LogP contribution < -0.4 is 5.32 Å². The molecule has 0 fully saturated rings. The third kappa shape index (κ3) is 3.87. The first-order valence-electron chi connectivity index (χ1n) is 7.10. The van der Waals surface area contributed by atoms with Gasteiger partial charge in [0.2, 0.25) is 0 Å². The Morgan fingerprint density at radius 1 is 1.25 bits per heavy atom. The Morgan fingerprint density at radius 3 is 2.80 bits per heavy atom. The molecule has 1 aromatic heterocycles. The topological polar surface area (TPSA) is 24.9 Å². The predicted molar refractivity (Wildman–Crippen MR) is 80.1 cm³/mol. The zero-order valence-corrected chi connectivity index (χ0v) is 12.1. The van der Waals surface area contributed by atoms with Crippen molar-refractivity contribution >= 4 is 0 Å². The van der Waals surface area contributed by atoms with Crippen molar-refractivity contribution in [1.29, 1.82) is 0 Å². The average molecular weight is 272 g/mol. The highest BCUT2D eigenvalue weighted by atomic mass is 19.1. The SMILES string of the molecule is CCCNC(Cc1cccc(F)c1)c1cccnc1C. The lowest BCUT2D eigenvalue weighted by atomic mass is 9.97. The molecule has 0 amide bonds. The average Bonchev–Trinajstić information content (AvgIpc) is 2.44. The summed E-state index contributed by atoms with van der Waals surface area (Å²) >= 11 is 0. The van der Waals surface area contributed by atoms with Crippen molar-refractivity contribution in [3.63, 3.8) is 0 Å². The van der Waals surface area contributed by atoms with Gasteiger partial charge in [-0.15, -0.1) is 0 Å². The first-order chi connectivity index (χ1) is 9.70. The third-order valence-corrected chi connectivity index (χ3v) is 3.39. The van der Waals surface area contributed by atoms with Gasteiger partial charge in [0.15, 0.2) is 0 Å². The maximum atomic E-state index is 13.3. The highest BCUT2D eigenvalue weighted by Gasteiger charge is 2.14. The molecular formula is C17H21FN2. The number of aromatic nitrogens is 1. The van der Waals surface area contributed by atoms with Gasteiger partial charge in [-0.3, -0.25) is 4.98 Å². The maximum Gasteiger partial charge on any atom is 0.123 e. The molecule has 0 aliphatic carbocycles. The Bertz CT molecular complexity index is 554. The van der Waals surface area contributed by atoms with Crippen LogP contribution in [0.2, 0.25) is 0 Å². The minimum absolute atomic E-state index is 0.172. The number of nitrogens with one attached hydrogen (secondary N) is 1. The fourth-order valence-corrected chi connectivity index (χ4v) is 2.38. The molecule has 3 heteroatoms. The van der Waals surface area contributed by atoms with Gasteiger partial charge < -0.3 is 5.32 Å². The van der Waals surface area contributed by atoms with Gasteiger partial charge in [0, 0.05) is 17.9 Å². The molecule has 0 saturated heterocycles. The van der Waals surface area contributed by atoms with Crippen LogP contribution in [0.4, 0.5) is 4.39 Å².